The maximum atomic E-state index is 16.0. The third-order valence-electron chi connectivity index (χ3n) is 12.5. The molecule has 0 spiro atoms. The first-order valence-corrected chi connectivity index (χ1v) is 28.2. The largest absolute Gasteiger partial charge is 0.490 e. The van der Waals surface area contributed by atoms with Gasteiger partial charge in [-0.3, -0.25) is 0 Å². The molecule has 0 amide bonds. The van der Waals surface area contributed by atoms with E-state index in [2.05, 4.69) is 48.5 Å². The van der Waals surface area contributed by atoms with Crippen LogP contribution in [0.3, 0.4) is 0 Å². The van der Waals surface area contributed by atoms with Crippen LogP contribution in [0.5, 0.6) is 23.0 Å². The summed E-state index contributed by atoms with van der Waals surface area (Å²) in [5.41, 5.74) is -8.47. The number of rotatable bonds is 17. The van der Waals surface area contributed by atoms with Gasteiger partial charge in [0.25, 0.3) is 0 Å². The summed E-state index contributed by atoms with van der Waals surface area (Å²) in [6.07, 6.45) is -5.62. The molecule has 0 saturated heterocycles. The van der Waals surface area contributed by atoms with Crippen LogP contribution in [0, 0.1) is 69.8 Å². The molecule has 0 saturated carbocycles. The summed E-state index contributed by atoms with van der Waals surface area (Å²) in [4.78, 5) is 3.38. The van der Waals surface area contributed by atoms with Gasteiger partial charge in [-0.2, -0.15) is 0 Å². The molecule has 0 unspecified atom stereocenters. The Labute approximate surface area is 513 Å². The Hall–Kier alpha value is -5.93. The van der Waals surface area contributed by atoms with Crippen molar-refractivity contribution < 1.29 is 71.6 Å². The lowest BCUT2D eigenvalue weighted by Gasteiger charge is -2.46. The first-order valence-electron chi connectivity index (χ1n) is 23.9. The molecule has 9 rings (SSSR count). The molecule has 9 aromatic rings. The van der Waals surface area contributed by atoms with E-state index in [-0.39, 0.29) is 0 Å². The molecular weight excluding hydrogens is 1320 g/mol. The van der Waals surface area contributed by atoms with Gasteiger partial charge < -0.3 is 18.9 Å². The van der Waals surface area contributed by atoms with Crippen molar-refractivity contribution in [2.75, 3.05) is 26.4 Å². The van der Waals surface area contributed by atoms with Gasteiger partial charge in [-0.05, 0) is 60.7 Å². The Kier molecular flexibility index (Phi) is 21.1. The second kappa shape index (κ2) is 27.6. The molecule has 0 N–H and O–H groups in total. The van der Waals surface area contributed by atoms with Gasteiger partial charge in [-0.1, -0.05) is 172 Å². The zero-order valence-electron chi connectivity index (χ0n) is 41.8. The van der Waals surface area contributed by atoms with Gasteiger partial charge in [0.15, 0.2) is 62.9 Å². The molecule has 0 radical (unpaired) electrons. The topological polar surface area (TPSA) is 36.9 Å². The van der Waals surface area contributed by atoms with Crippen molar-refractivity contribution in [2.45, 2.75) is 14.7 Å². The molecule has 0 aliphatic rings. The summed E-state index contributed by atoms with van der Waals surface area (Å²) in [6.45, 7) is 1.79. The van der Waals surface area contributed by atoms with Crippen molar-refractivity contribution in [3.05, 3.63) is 250 Å². The SMILES string of the molecule is Fc1c(F)c(Cl)c(Cl)c([B-](c2c(F)c(F)c(F)c(Cl)c2Cl)(c2c(F)c(F)c(F)c(Cl)c2Cl)c2c(F)c(F)c(F)c(Cl)c2Cl)c1F.c1ccc(OCCOc2ccccc2[S+](c2ccccc2)c2ccccc2OCCOc2ccccc2)cc1. The fraction of sp³-hybridized carbons (Fsp3) is 0.0690. The lowest BCUT2D eigenvalue weighted by atomic mass is 9.12. The van der Waals surface area contributed by atoms with Crippen LogP contribution in [-0.2, 0) is 10.9 Å². The normalized spacial score (nSPS) is 11.4. The van der Waals surface area contributed by atoms with Gasteiger partial charge in [0.05, 0.1) is 20.1 Å². The number of para-hydroxylation sites is 4. The van der Waals surface area contributed by atoms with Crippen LogP contribution < -0.4 is 40.8 Å². The molecule has 0 fully saturated rings. The maximum Gasteiger partial charge on any atom is 0.208 e. The molecule has 26 heteroatoms. The molecule has 9 aromatic carbocycles. The van der Waals surface area contributed by atoms with Gasteiger partial charge in [-0.25, -0.2) is 52.7 Å². The second-order valence-electron chi connectivity index (χ2n) is 17.3. The van der Waals surface area contributed by atoms with E-state index in [0.717, 1.165) is 32.8 Å². The van der Waals surface area contributed by atoms with Crippen LogP contribution >= 0.6 is 92.8 Å². The van der Waals surface area contributed by atoms with Crippen molar-refractivity contribution in [3.8, 4) is 23.0 Å². The van der Waals surface area contributed by atoms with Crippen LogP contribution in [0.1, 0.15) is 0 Å². The van der Waals surface area contributed by atoms with E-state index in [1.165, 1.54) is 4.90 Å². The van der Waals surface area contributed by atoms with Gasteiger partial charge in [0, 0.05) is 20.1 Å². The van der Waals surface area contributed by atoms with Gasteiger partial charge in [0.1, 0.15) is 78.2 Å². The van der Waals surface area contributed by atoms with E-state index < -0.39 is 149 Å². The molecule has 4 nitrogen and oxygen atoms in total. The highest BCUT2D eigenvalue weighted by atomic mass is 35.5. The van der Waals surface area contributed by atoms with E-state index in [9.17, 15) is 17.6 Å². The van der Waals surface area contributed by atoms with Crippen molar-refractivity contribution in [3.63, 3.8) is 0 Å². The average molecular weight is 1350 g/mol. The summed E-state index contributed by atoms with van der Waals surface area (Å²) >= 11 is 46.6. The summed E-state index contributed by atoms with van der Waals surface area (Å²) in [5, 5.41) is -13.9. The minimum atomic E-state index is -5.62. The summed E-state index contributed by atoms with van der Waals surface area (Å²) in [6, 6.07) is 46.6. The molecule has 0 heterocycles. The Balaban J connectivity index is 0.000000221. The van der Waals surface area contributed by atoms with Crippen LogP contribution in [0.4, 0.5) is 52.7 Å². The van der Waals surface area contributed by atoms with Crippen LogP contribution in [0.15, 0.2) is 154 Å². The van der Waals surface area contributed by atoms with E-state index in [4.69, 9.17) is 112 Å². The third-order valence-corrected chi connectivity index (χ3v) is 18.2. The Morgan fingerprint density at radius 2 is 0.524 bits per heavy atom. The summed E-state index contributed by atoms with van der Waals surface area (Å²) in [5.74, 6) is -27.9. The van der Waals surface area contributed by atoms with Crippen molar-refractivity contribution in [2.24, 2.45) is 0 Å². The van der Waals surface area contributed by atoms with E-state index in [0.29, 0.717) is 26.4 Å². The number of ether oxygens (including phenoxy) is 4. The number of benzene rings is 9. The van der Waals surface area contributed by atoms with E-state index >= 15 is 35.1 Å². The maximum absolute atomic E-state index is 16.0. The first kappa shape index (κ1) is 64.1. The highest BCUT2D eigenvalue weighted by Crippen LogP contribution is 2.43. The smallest absolute Gasteiger partial charge is 0.208 e. The second-order valence-corrected chi connectivity index (χ2v) is 22.3. The summed E-state index contributed by atoms with van der Waals surface area (Å²) < 4.78 is 207. The van der Waals surface area contributed by atoms with Crippen molar-refractivity contribution in [1.82, 2.24) is 0 Å². The lowest BCUT2D eigenvalue weighted by Crippen LogP contribution is -2.79. The third kappa shape index (κ3) is 12.4. The molecular formula is C58H31BCl8F12O4S. The fourth-order valence-electron chi connectivity index (χ4n) is 8.94. The predicted molar refractivity (Wildman–Crippen MR) is 306 cm³/mol. The first-order chi connectivity index (χ1) is 40.1. The Morgan fingerprint density at radius 3 is 0.821 bits per heavy atom. The number of halogens is 20. The number of hydrogen-bond acceptors (Lipinski definition) is 4. The van der Waals surface area contributed by atoms with Crippen LogP contribution in [-0.4, -0.2) is 32.6 Å². The van der Waals surface area contributed by atoms with E-state index in [1.54, 1.807) is 0 Å². The fourth-order valence-corrected chi connectivity index (χ4v) is 13.3. The lowest BCUT2D eigenvalue weighted by molar-refractivity contribution is 0.213. The Morgan fingerprint density at radius 1 is 0.274 bits per heavy atom. The quantitative estimate of drug-likeness (QED) is 0.0227. The van der Waals surface area contributed by atoms with Crippen LogP contribution in [0.25, 0.3) is 0 Å². The van der Waals surface area contributed by atoms with Crippen LogP contribution in [0.2, 0.25) is 40.2 Å². The highest BCUT2D eigenvalue weighted by Gasteiger charge is 2.50. The molecule has 436 valence electrons. The van der Waals surface area contributed by atoms with Gasteiger partial charge in [-0.15, -0.1) is 21.9 Å². The zero-order valence-corrected chi connectivity index (χ0v) is 48.6. The predicted octanol–water partition coefficient (Wildman–Crippen LogP) is 17.7. The molecule has 0 atom stereocenters. The van der Waals surface area contributed by atoms with Gasteiger partial charge in [0.2, 0.25) is 9.79 Å². The Bertz CT molecular complexity index is 3430. The molecule has 84 heavy (non-hydrogen) atoms. The minimum Gasteiger partial charge on any atom is -0.490 e. The highest BCUT2D eigenvalue weighted by molar-refractivity contribution is 7.97. The van der Waals surface area contributed by atoms with Crippen molar-refractivity contribution >= 4 is 132 Å². The van der Waals surface area contributed by atoms with Crippen molar-refractivity contribution in [1.29, 1.82) is 0 Å². The molecule has 0 aromatic heterocycles. The molecule has 0 bridgehead atoms. The summed E-state index contributed by atoms with van der Waals surface area (Å²) in [7, 11) is -0.452. The van der Waals surface area contributed by atoms with E-state index in [1.807, 2.05) is 91.0 Å². The zero-order chi connectivity index (χ0) is 60.9. The molecule has 0 aliphatic heterocycles. The monoisotopic (exact) mass is 1340 g/mol. The average Bonchev–Trinajstić information content (AvgIpc) is 0.726. The van der Waals surface area contributed by atoms with Gasteiger partial charge >= 0.3 is 0 Å². The minimum absolute atomic E-state index is 0.437. The number of hydrogen-bond donors (Lipinski definition) is 0. The molecule has 0 aliphatic carbocycles. The standard InChI is InChI=1S/C34H31O4S.C24BCl8F12/c1-4-14-28(15-5-1)35-24-26-37-31-20-10-12-22-33(31)39(30-18-8-3-9-19-30)34-23-13-11-21-32(34)38-27-25-36-29-16-6-2-7-17-29;26-5-1(13(34)21(42)17(38)9(5)30)25(2-6(27)10(31)18(39)22(43)14(2)35,3-7(28)11(32)19(40)23(44)15(3)36)4-8(29)12(33)20(41)24(45)16(4)37/h1-23H,24-27H2;/q+1;-1.